The monoisotopic (exact) mass is 299 g/mol. The summed E-state index contributed by atoms with van der Waals surface area (Å²) in [5.74, 6) is -0.315. The number of hydrogen-bond acceptors (Lipinski definition) is 2. The molecule has 0 bridgehead atoms. The largest absolute Gasteiger partial charge is 0.455 e. The zero-order valence-electron chi connectivity index (χ0n) is 8.58. The molecule has 5 heteroatoms. The first kappa shape index (κ1) is 11.9. The van der Waals surface area contributed by atoms with E-state index in [1.807, 2.05) is 0 Å². The van der Waals surface area contributed by atoms with E-state index in [9.17, 15) is 8.78 Å². The van der Waals surface area contributed by atoms with Gasteiger partial charge in [-0.2, -0.15) is 0 Å². The molecule has 2 aromatic carbocycles. The van der Waals surface area contributed by atoms with Crippen molar-refractivity contribution in [1.82, 2.24) is 0 Å². The third kappa shape index (κ3) is 2.94. The average Bonchev–Trinajstić information content (AvgIpc) is 2.21. The zero-order chi connectivity index (χ0) is 12.4. The summed E-state index contributed by atoms with van der Waals surface area (Å²) in [7, 11) is 0. The van der Waals surface area contributed by atoms with Crippen LogP contribution in [-0.2, 0) is 0 Å². The zero-order valence-corrected chi connectivity index (χ0v) is 10.2. The van der Waals surface area contributed by atoms with Crippen LogP contribution >= 0.6 is 15.9 Å². The Balaban J connectivity index is 2.31. The number of ether oxygens (including phenoxy) is 1. The van der Waals surface area contributed by atoms with Crippen LogP contribution in [0.1, 0.15) is 0 Å². The van der Waals surface area contributed by atoms with Crippen LogP contribution in [0.4, 0.5) is 14.5 Å². The highest BCUT2D eigenvalue weighted by atomic mass is 79.9. The van der Waals surface area contributed by atoms with Gasteiger partial charge < -0.3 is 10.5 Å². The third-order valence-corrected chi connectivity index (χ3v) is 2.49. The van der Waals surface area contributed by atoms with Crippen LogP contribution in [0.5, 0.6) is 11.5 Å². The Morgan fingerprint density at radius 3 is 2.41 bits per heavy atom. The van der Waals surface area contributed by atoms with Crippen LogP contribution in [0.25, 0.3) is 0 Å². The number of nitrogens with two attached hydrogens (primary N) is 1. The molecule has 0 aromatic heterocycles. The molecule has 0 fully saturated rings. The molecule has 0 heterocycles. The smallest absolute Gasteiger partial charge is 0.150 e. The van der Waals surface area contributed by atoms with E-state index >= 15 is 0 Å². The summed E-state index contributed by atoms with van der Waals surface area (Å²) >= 11 is 3.15. The predicted octanol–water partition coefficient (Wildman–Crippen LogP) is 4.10. The molecule has 2 aromatic rings. The van der Waals surface area contributed by atoms with Crippen molar-refractivity contribution in [3.05, 3.63) is 52.5 Å². The number of hydrogen-bond donors (Lipinski definition) is 1. The summed E-state index contributed by atoms with van der Waals surface area (Å²) in [5.41, 5.74) is 5.73. The van der Waals surface area contributed by atoms with Crippen molar-refractivity contribution in [2.75, 3.05) is 5.73 Å². The van der Waals surface area contributed by atoms with Gasteiger partial charge in [-0.1, -0.05) is 15.9 Å². The van der Waals surface area contributed by atoms with E-state index in [1.54, 1.807) is 6.07 Å². The van der Waals surface area contributed by atoms with E-state index in [1.165, 1.54) is 24.3 Å². The summed E-state index contributed by atoms with van der Waals surface area (Å²) in [6.45, 7) is 0. The van der Waals surface area contributed by atoms with Crippen molar-refractivity contribution in [1.29, 1.82) is 0 Å². The topological polar surface area (TPSA) is 35.2 Å². The molecule has 0 aliphatic carbocycles. The normalized spacial score (nSPS) is 10.3. The molecule has 0 spiro atoms. The standard InChI is InChI=1S/C12H8BrF2NO/c13-7-3-9(15)5-10(4-7)17-12-2-1-8(14)6-11(12)16/h1-6H,16H2. The van der Waals surface area contributed by atoms with Crippen molar-refractivity contribution in [2.45, 2.75) is 0 Å². The lowest BCUT2D eigenvalue weighted by atomic mass is 10.3. The highest BCUT2D eigenvalue weighted by Gasteiger charge is 2.05. The highest BCUT2D eigenvalue weighted by Crippen LogP contribution is 2.30. The fraction of sp³-hybridized carbons (Fsp3) is 0. The van der Waals surface area contributed by atoms with Crippen LogP contribution in [0.3, 0.4) is 0 Å². The lowest BCUT2D eigenvalue weighted by molar-refractivity contribution is 0.477. The molecule has 0 saturated heterocycles. The van der Waals surface area contributed by atoms with Gasteiger partial charge in [0.1, 0.15) is 17.4 Å². The van der Waals surface area contributed by atoms with E-state index in [0.717, 1.165) is 6.07 Å². The number of benzene rings is 2. The molecule has 0 atom stereocenters. The Morgan fingerprint density at radius 2 is 1.76 bits per heavy atom. The van der Waals surface area contributed by atoms with E-state index in [-0.39, 0.29) is 17.2 Å². The molecule has 0 unspecified atom stereocenters. The van der Waals surface area contributed by atoms with Crippen LogP contribution in [-0.4, -0.2) is 0 Å². The second-order valence-corrected chi connectivity index (χ2v) is 4.31. The van der Waals surface area contributed by atoms with Crippen LogP contribution in [0.15, 0.2) is 40.9 Å². The van der Waals surface area contributed by atoms with Gasteiger partial charge in [0.2, 0.25) is 0 Å². The number of nitrogen functional groups attached to an aromatic ring is 1. The van der Waals surface area contributed by atoms with Crippen LogP contribution < -0.4 is 10.5 Å². The van der Waals surface area contributed by atoms with E-state index in [2.05, 4.69) is 15.9 Å². The third-order valence-electron chi connectivity index (χ3n) is 2.04. The molecule has 88 valence electrons. The van der Waals surface area contributed by atoms with E-state index in [0.29, 0.717) is 4.47 Å². The van der Waals surface area contributed by atoms with E-state index in [4.69, 9.17) is 10.5 Å². The first-order valence-electron chi connectivity index (χ1n) is 4.73. The minimum absolute atomic E-state index is 0.158. The molecular formula is C12H8BrF2NO. The van der Waals surface area contributed by atoms with Gasteiger partial charge in [0.15, 0.2) is 5.75 Å². The molecule has 17 heavy (non-hydrogen) atoms. The maximum Gasteiger partial charge on any atom is 0.150 e. The van der Waals surface area contributed by atoms with Gasteiger partial charge in [0.25, 0.3) is 0 Å². The molecule has 2 rings (SSSR count). The minimum atomic E-state index is -0.449. The molecule has 2 nitrogen and oxygen atoms in total. The molecule has 2 N–H and O–H groups in total. The summed E-state index contributed by atoms with van der Waals surface area (Å²) in [5, 5.41) is 0. The second kappa shape index (κ2) is 4.71. The number of anilines is 1. The maximum atomic E-state index is 13.1. The molecule has 0 aliphatic rings. The Hall–Kier alpha value is -1.62. The Morgan fingerprint density at radius 1 is 1.00 bits per heavy atom. The van der Waals surface area contributed by atoms with Gasteiger partial charge in [0.05, 0.1) is 5.69 Å². The van der Waals surface area contributed by atoms with Crippen molar-refractivity contribution in [2.24, 2.45) is 0 Å². The summed E-state index contributed by atoms with van der Waals surface area (Å²) < 4.78 is 31.8. The molecule has 0 aliphatic heterocycles. The van der Waals surface area contributed by atoms with Crippen molar-refractivity contribution in [3.8, 4) is 11.5 Å². The van der Waals surface area contributed by atoms with Crippen molar-refractivity contribution in [3.63, 3.8) is 0 Å². The van der Waals surface area contributed by atoms with Gasteiger partial charge in [-0.25, -0.2) is 8.78 Å². The number of rotatable bonds is 2. The van der Waals surface area contributed by atoms with Crippen LogP contribution in [0.2, 0.25) is 0 Å². The maximum absolute atomic E-state index is 13.1. The fourth-order valence-electron chi connectivity index (χ4n) is 1.33. The minimum Gasteiger partial charge on any atom is -0.455 e. The van der Waals surface area contributed by atoms with Gasteiger partial charge in [-0.05, 0) is 24.3 Å². The molecule has 0 radical (unpaired) electrons. The summed E-state index contributed by atoms with van der Waals surface area (Å²) in [4.78, 5) is 0. The predicted molar refractivity (Wildman–Crippen MR) is 65.0 cm³/mol. The first-order valence-corrected chi connectivity index (χ1v) is 5.53. The van der Waals surface area contributed by atoms with Gasteiger partial charge in [-0.15, -0.1) is 0 Å². The van der Waals surface area contributed by atoms with Crippen molar-refractivity contribution >= 4 is 21.6 Å². The first-order chi connectivity index (χ1) is 8.04. The van der Waals surface area contributed by atoms with Gasteiger partial charge in [-0.3, -0.25) is 0 Å². The number of halogens is 3. The van der Waals surface area contributed by atoms with E-state index < -0.39 is 11.6 Å². The lowest BCUT2D eigenvalue weighted by Gasteiger charge is -2.08. The molecule has 0 amide bonds. The highest BCUT2D eigenvalue weighted by molar-refractivity contribution is 9.10. The lowest BCUT2D eigenvalue weighted by Crippen LogP contribution is -1.93. The molecular weight excluding hydrogens is 292 g/mol. The Bertz CT molecular complexity index is 540. The second-order valence-electron chi connectivity index (χ2n) is 3.39. The SMILES string of the molecule is Nc1cc(F)ccc1Oc1cc(F)cc(Br)c1. The summed E-state index contributed by atoms with van der Waals surface area (Å²) in [6, 6.07) is 7.87. The average molecular weight is 300 g/mol. The quantitative estimate of drug-likeness (QED) is 0.847. The summed E-state index contributed by atoms with van der Waals surface area (Å²) in [6.07, 6.45) is 0. The van der Waals surface area contributed by atoms with Gasteiger partial charge in [0, 0.05) is 16.6 Å². The molecule has 0 saturated carbocycles. The Kier molecular flexibility index (Phi) is 3.28. The van der Waals surface area contributed by atoms with Crippen LogP contribution in [0, 0.1) is 11.6 Å². The van der Waals surface area contributed by atoms with Crippen molar-refractivity contribution < 1.29 is 13.5 Å². The van der Waals surface area contributed by atoms with Gasteiger partial charge >= 0.3 is 0 Å². The Labute approximate surface area is 105 Å². The fourth-order valence-corrected chi connectivity index (χ4v) is 1.77.